The highest BCUT2D eigenvalue weighted by Crippen LogP contribution is 2.19. The molecule has 3 rings (SSSR count). The zero-order valence-corrected chi connectivity index (χ0v) is 11.3. The maximum absolute atomic E-state index is 5.74. The Labute approximate surface area is 117 Å². The Kier molecular flexibility index (Phi) is 3.35. The van der Waals surface area contributed by atoms with E-state index in [4.69, 9.17) is 10.2 Å². The van der Waals surface area contributed by atoms with Gasteiger partial charge in [-0.05, 0) is 42.9 Å². The lowest BCUT2D eigenvalue weighted by molar-refractivity contribution is 0.285. The van der Waals surface area contributed by atoms with Gasteiger partial charge in [-0.25, -0.2) is 4.98 Å². The van der Waals surface area contributed by atoms with Crippen molar-refractivity contribution >= 4 is 16.8 Å². The Morgan fingerprint density at radius 1 is 1.15 bits per heavy atom. The molecule has 0 aliphatic heterocycles. The van der Waals surface area contributed by atoms with Gasteiger partial charge in [-0.15, -0.1) is 0 Å². The largest absolute Gasteiger partial charge is 0.439 e. The molecule has 0 atom stereocenters. The third-order valence-electron chi connectivity index (χ3n) is 3.06. The molecule has 20 heavy (non-hydrogen) atoms. The first-order valence-electron chi connectivity index (χ1n) is 6.43. The number of anilines is 1. The van der Waals surface area contributed by atoms with Gasteiger partial charge in [0.25, 0.3) is 0 Å². The summed E-state index contributed by atoms with van der Waals surface area (Å²) in [7, 11) is 2.03. The number of rotatable bonds is 4. The lowest BCUT2D eigenvalue weighted by Gasteiger charge is -2.13. The smallest absolute Gasteiger partial charge is 0.209 e. The molecule has 0 aliphatic rings. The van der Waals surface area contributed by atoms with E-state index in [-0.39, 0.29) is 0 Å². The maximum atomic E-state index is 5.74. The summed E-state index contributed by atoms with van der Waals surface area (Å²) in [5, 5.41) is 0. The van der Waals surface area contributed by atoms with Crippen LogP contribution in [0, 0.1) is 0 Å². The molecule has 0 radical (unpaired) electrons. The van der Waals surface area contributed by atoms with Gasteiger partial charge in [-0.3, -0.25) is 9.88 Å². The minimum atomic E-state index is 0.650. The van der Waals surface area contributed by atoms with Gasteiger partial charge in [0.1, 0.15) is 5.52 Å². The Hall–Kier alpha value is -2.40. The zero-order chi connectivity index (χ0) is 13.9. The van der Waals surface area contributed by atoms with Crippen molar-refractivity contribution in [2.45, 2.75) is 13.1 Å². The lowest BCUT2D eigenvalue weighted by Crippen LogP contribution is -2.17. The fraction of sp³-hybridized carbons (Fsp3) is 0.200. The Bertz CT molecular complexity index is 708. The quantitative estimate of drug-likeness (QED) is 0.736. The van der Waals surface area contributed by atoms with Crippen LogP contribution in [0.3, 0.4) is 0 Å². The topological polar surface area (TPSA) is 68.2 Å². The van der Waals surface area contributed by atoms with E-state index >= 15 is 0 Å². The van der Waals surface area contributed by atoms with Gasteiger partial charge in [0, 0.05) is 24.6 Å². The summed E-state index contributed by atoms with van der Waals surface area (Å²) in [6.07, 6.45) is 3.59. The predicted molar refractivity (Wildman–Crippen MR) is 77.8 cm³/mol. The van der Waals surface area contributed by atoms with Crippen LogP contribution in [0.1, 0.15) is 11.5 Å². The summed E-state index contributed by atoms with van der Waals surface area (Å²) in [5.74, 6) is 0.696. The number of hydrogen-bond donors (Lipinski definition) is 1. The van der Waals surface area contributed by atoms with Crippen LogP contribution in [-0.4, -0.2) is 21.9 Å². The highest BCUT2D eigenvalue weighted by molar-refractivity contribution is 5.76. The number of nitrogens with two attached hydrogens (primary N) is 1. The third kappa shape index (κ3) is 2.78. The Morgan fingerprint density at radius 3 is 2.75 bits per heavy atom. The third-order valence-corrected chi connectivity index (χ3v) is 3.06. The highest BCUT2D eigenvalue weighted by Gasteiger charge is 2.09. The van der Waals surface area contributed by atoms with Gasteiger partial charge < -0.3 is 10.2 Å². The van der Waals surface area contributed by atoms with Crippen LogP contribution in [0.4, 0.5) is 5.69 Å². The Morgan fingerprint density at radius 2 is 1.95 bits per heavy atom. The van der Waals surface area contributed by atoms with E-state index in [1.54, 1.807) is 12.4 Å². The normalized spacial score (nSPS) is 11.3. The van der Waals surface area contributed by atoms with Crippen LogP contribution in [0.2, 0.25) is 0 Å². The first kappa shape index (κ1) is 12.6. The van der Waals surface area contributed by atoms with Gasteiger partial charge in [-0.2, -0.15) is 0 Å². The second kappa shape index (κ2) is 5.30. The average molecular weight is 268 g/mol. The van der Waals surface area contributed by atoms with Crippen molar-refractivity contribution in [3.63, 3.8) is 0 Å². The predicted octanol–water partition coefficient (Wildman–Crippen LogP) is 2.44. The van der Waals surface area contributed by atoms with Gasteiger partial charge >= 0.3 is 0 Å². The average Bonchev–Trinajstić information content (AvgIpc) is 2.80. The van der Waals surface area contributed by atoms with Crippen LogP contribution >= 0.6 is 0 Å². The number of nitrogen functional groups attached to an aromatic ring is 1. The molecule has 0 fully saturated rings. The molecule has 2 heterocycles. The van der Waals surface area contributed by atoms with Crippen molar-refractivity contribution in [3.8, 4) is 0 Å². The van der Waals surface area contributed by atoms with Gasteiger partial charge in [0.05, 0.1) is 6.54 Å². The van der Waals surface area contributed by atoms with E-state index in [0.29, 0.717) is 18.1 Å². The molecule has 5 nitrogen and oxygen atoms in total. The Balaban J connectivity index is 1.72. The first-order valence-corrected chi connectivity index (χ1v) is 6.43. The van der Waals surface area contributed by atoms with E-state index < -0.39 is 0 Å². The molecule has 0 saturated carbocycles. The minimum absolute atomic E-state index is 0.650. The van der Waals surface area contributed by atoms with E-state index in [2.05, 4.69) is 14.9 Å². The van der Waals surface area contributed by atoms with Gasteiger partial charge in [0.15, 0.2) is 5.58 Å². The van der Waals surface area contributed by atoms with Crippen LogP contribution in [-0.2, 0) is 13.1 Å². The number of aromatic nitrogens is 2. The molecule has 0 amide bonds. The summed E-state index contributed by atoms with van der Waals surface area (Å²) in [6.45, 7) is 1.47. The fourth-order valence-corrected chi connectivity index (χ4v) is 2.15. The lowest BCUT2D eigenvalue weighted by atomic mass is 10.2. The van der Waals surface area contributed by atoms with Crippen LogP contribution in [0.15, 0.2) is 47.1 Å². The number of hydrogen-bond acceptors (Lipinski definition) is 5. The molecule has 2 N–H and O–H groups in total. The minimum Gasteiger partial charge on any atom is -0.439 e. The van der Waals surface area contributed by atoms with E-state index in [0.717, 1.165) is 17.6 Å². The van der Waals surface area contributed by atoms with Crippen LogP contribution in [0.5, 0.6) is 0 Å². The highest BCUT2D eigenvalue weighted by atomic mass is 16.3. The van der Waals surface area contributed by atoms with Crippen molar-refractivity contribution in [2.24, 2.45) is 0 Å². The van der Waals surface area contributed by atoms with Crippen molar-refractivity contribution in [2.75, 3.05) is 12.8 Å². The molecule has 0 spiro atoms. The monoisotopic (exact) mass is 268 g/mol. The molecule has 0 saturated heterocycles. The molecule has 5 heteroatoms. The van der Waals surface area contributed by atoms with Crippen molar-refractivity contribution in [3.05, 3.63) is 54.2 Å². The van der Waals surface area contributed by atoms with E-state index in [1.165, 1.54) is 5.56 Å². The standard InChI is InChI=1S/C15H16N4O/c1-19(9-11-4-6-17-7-5-11)10-15-18-13-8-12(16)2-3-14(13)20-15/h2-8H,9-10,16H2,1H3. The number of oxazole rings is 1. The van der Waals surface area contributed by atoms with Crippen molar-refractivity contribution in [1.29, 1.82) is 0 Å². The first-order chi connectivity index (χ1) is 9.70. The number of pyridine rings is 1. The number of nitrogens with zero attached hydrogens (tertiary/aromatic N) is 3. The molecule has 1 aromatic carbocycles. The number of fused-ring (bicyclic) bond motifs is 1. The summed E-state index contributed by atoms with van der Waals surface area (Å²) < 4.78 is 5.71. The molecule has 2 aromatic heterocycles. The second-order valence-corrected chi connectivity index (χ2v) is 4.86. The summed E-state index contributed by atoms with van der Waals surface area (Å²) >= 11 is 0. The second-order valence-electron chi connectivity index (χ2n) is 4.86. The summed E-state index contributed by atoms with van der Waals surface area (Å²) in [5.41, 5.74) is 9.22. The maximum Gasteiger partial charge on any atom is 0.209 e. The molecule has 3 aromatic rings. The van der Waals surface area contributed by atoms with Crippen molar-refractivity contribution < 1.29 is 4.42 Å². The zero-order valence-electron chi connectivity index (χ0n) is 11.3. The molecular formula is C15H16N4O. The molecule has 0 unspecified atom stereocenters. The summed E-state index contributed by atoms with van der Waals surface area (Å²) in [4.78, 5) is 10.6. The number of benzene rings is 1. The van der Waals surface area contributed by atoms with E-state index in [9.17, 15) is 0 Å². The summed E-state index contributed by atoms with van der Waals surface area (Å²) in [6, 6.07) is 9.50. The van der Waals surface area contributed by atoms with Crippen LogP contribution in [0.25, 0.3) is 11.1 Å². The molecular weight excluding hydrogens is 252 g/mol. The van der Waals surface area contributed by atoms with E-state index in [1.807, 2.05) is 37.4 Å². The SMILES string of the molecule is CN(Cc1ccncc1)Cc1nc2cc(N)ccc2o1. The van der Waals surface area contributed by atoms with Gasteiger partial charge in [0.2, 0.25) is 5.89 Å². The molecule has 0 aliphatic carbocycles. The van der Waals surface area contributed by atoms with Gasteiger partial charge in [-0.1, -0.05) is 0 Å². The van der Waals surface area contributed by atoms with Crippen molar-refractivity contribution in [1.82, 2.24) is 14.9 Å². The fourth-order valence-electron chi connectivity index (χ4n) is 2.15. The molecule has 0 bridgehead atoms. The molecule has 102 valence electrons. The van der Waals surface area contributed by atoms with Crippen LogP contribution < -0.4 is 5.73 Å².